The van der Waals surface area contributed by atoms with Crippen LogP contribution in [0.5, 0.6) is 11.5 Å². The molecule has 0 amide bonds. The van der Waals surface area contributed by atoms with Gasteiger partial charge in [-0.05, 0) is 6.07 Å². The minimum absolute atomic E-state index is 0.242. The van der Waals surface area contributed by atoms with Gasteiger partial charge in [-0.25, -0.2) is 0 Å². The van der Waals surface area contributed by atoms with Crippen LogP contribution in [-0.2, 0) is 0 Å². The fraction of sp³-hybridized carbons (Fsp3) is 0.182. The van der Waals surface area contributed by atoms with Gasteiger partial charge in [-0.2, -0.15) is 0 Å². The lowest BCUT2D eigenvalue weighted by Gasteiger charge is -2.19. The number of aromatic nitrogens is 1. The predicted octanol–water partition coefficient (Wildman–Crippen LogP) is 2.35. The number of hydrogen-bond donors (Lipinski definition) is 1. The smallest absolute Gasteiger partial charge is 0.222 e. The molecule has 1 aliphatic heterocycles. The molecule has 2 N–H and O–H groups in total. The molecule has 0 saturated heterocycles. The molecule has 5 nitrogen and oxygen atoms in total. The van der Waals surface area contributed by atoms with Crippen LogP contribution < -0.4 is 15.2 Å². The van der Waals surface area contributed by atoms with Gasteiger partial charge in [0.05, 0.1) is 5.02 Å². The van der Waals surface area contributed by atoms with Gasteiger partial charge in [0.15, 0.2) is 11.5 Å². The van der Waals surface area contributed by atoms with Crippen molar-refractivity contribution in [1.82, 2.24) is 5.16 Å². The first-order valence-corrected chi connectivity index (χ1v) is 5.43. The molecule has 1 aliphatic rings. The van der Waals surface area contributed by atoms with Crippen LogP contribution in [0.25, 0.3) is 11.3 Å². The van der Waals surface area contributed by atoms with Crippen molar-refractivity contribution in [1.29, 1.82) is 0 Å². The number of nitrogens with zero attached hydrogens (tertiary/aromatic N) is 1. The third-order valence-electron chi connectivity index (χ3n) is 2.44. The zero-order chi connectivity index (χ0) is 11.8. The first-order chi connectivity index (χ1) is 8.24. The molecule has 1 aromatic carbocycles. The van der Waals surface area contributed by atoms with E-state index in [1.54, 1.807) is 18.2 Å². The molecule has 1 aromatic heterocycles. The number of nitrogen functional groups attached to an aromatic ring is 1. The summed E-state index contributed by atoms with van der Waals surface area (Å²) in [6.45, 7) is 1.05. The van der Waals surface area contributed by atoms with Crippen molar-refractivity contribution >= 4 is 17.5 Å². The second-order valence-electron chi connectivity index (χ2n) is 3.59. The fourth-order valence-electron chi connectivity index (χ4n) is 1.68. The maximum absolute atomic E-state index is 6.15. The summed E-state index contributed by atoms with van der Waals surface area (Å²) in [6, 6.07) is 5.08. The van der Waals surface area contributed by atoms with E-state index in [4.69, 9.17) is 31.3 Å². The Kier molecular flexibility index (Phi) is 2.33. The summed E-state index contributed by atoms with van der Waals surface area (Å²) >= 11 is 6.15. The zero-order valence-electron chi connectivity index (χ0n) is 8.77. The molecule has 3 rings (SSSR count). The molecule has 88 valence electrons. The molecule has 17 heavy (non-hydrogen) atoms. The normalized spacial score (nSPS) is 13.7. The SMILES string of the molecule is Nc1cc(-c2cc3c(cc2Cl)OCCO3)no1. The van der Waals surface area contributed by atoms with Gasteiger partial charge in [-0.1, -0.05) is 16.8 Å². The quantitative estimate of drug-likeness (QED) is 0.844. The summed E-state index contributed by atoms with van der Waals surface area (Å²) in [5, 5.41) is 4.33. The van der Waals surface area contributed by atoms with Gasteiger partial charge in [-0.3, -0.25) is 0 Å². The third kappa shape index (κ3) is 1.78. The second-order valence-corrected chi connectivity index (χ2v) is 4.00. The van der Waals surface area contributed by atoms with Gasteiger partial charge in [0.2, 0.25) is 5.88 Å². The Bertz CT molecular complexity index is 568. The Hall–Kier alpha value is -1.88. The summed E-state index contributed by atoms with van der Waals surface area (Å²) in [5.41, 5.74) is 6.75. The van der Waals surface area contributed by atoms with Crippen molar-refractivity contribution in [2.45, 2.75) is 0 Å². The molecule has 0 fully saturated rings. The van der Waals surface area contributed by atoms with E-state index in [0.717, 1.165) is 0 Å². The highest BCUT2D eigenvalue weighted by molar-refractivity contribution is 6.33. The van der Waals surface area contributed by atoms with Crippen LogP contribution in [0.1, 0.15) is 0 Å². The highest BCUT2D eigenvalue weighted by Gasteiger charge is 2.17. The molecule has 0 unspecified atom stereocenters. The van der Waals surface area contributed by atoms with Crippen LogP contribution >= 0.6 is 11.6 Å². The second kappa shape index (κ2) is 3.85. The molecule has 0 saturated carbocycles. The Labute approximate surface area is 102 Å². The Morgan fingerprint density at radius 2 is 1.82 bits per heavy atom. The van der Waals surface area contributed by atoms with E-state index in [1.165, 1.54) is 0 Å². The van der Waals surface area contributed by atoms with Crippen molar-refractivity contribution in [2.75, 3.05) is 18.9 Å². The van der Waals surface area contributed by atoms with Gasteiger partial charge in [0.1, 0.15) is 18.9 Å². The van der Waals surface area contributed by atoms with Crippen molar-refractivity contribution in [3.63, 3.8) is 0 Å². The number of fused-ring (bicyclic) bond motifs is 1. The van der Waals surface area contributed by atoms with Crippen molar-refractivity contribution in [3.05, 3.63) is 23.2 Å². The number of benzene rings is 1. The summed E-state index contributed by atoms with van der Waals surface area (Å²) in [5.74, 6) is 1.53. The summed E-state index contributed by atoms with van der Waals surface area (Å²) < 4.78 is 15.7. The number of rotatable bonds is 1. The maximum atomic E-state index is 6.15. The number of ether oxygens (including phenoxy) is 2. The molecule has 0 atom stereocenters. The van der Waals surface area contributed by atoms with Crippen LogP contribution in [0, 0.1) is 0 Å². The van der Waals surface area contributed by atoms with E-state index in [2.05, 4.69) is 5.16 Å². The van der Waals surface area contributed by atoms with E-state index in [-0.39, 0.29) is 5.88 Å². The summed E-state index contributed by atoms with van der Waals surface area (Å²) in [7, 11) is 0. The monoisotopic (exact) mass is 252 g/mol. The zero-order valence-corrected chi connectivity index (χ0v) is 9.53. The lowest BCUT2D eigenvalue weighted by atomic mass is 10.1. The highest BCUT2D eigenvalue weighted by atomic mass is 35.5. The minimum Gasteiger partial charge on any atom is -0.486 e. The first kappa shape index (κ1) is 10.3. The Balaban J connectivity index is 2.11. The highest BCUT2D eigenvalue weighted by Crippen LogP contribution is 2.39. The molecule has 2 aromatic rings. The van der Waals surface area contributed by atoms with Crippen molar-refractivity contribution in [2.24, 2.45) is 0 Å². The van der Waals surface area contributed by atoms with Crippen molar-refractivity contribution in [3.8, 4) is 22.8 Å². The molecule has 0 bridgehead atoms. The molecule has 6 heteroatoms. The first-order valence-electron chi connectivity index (χ1n) is 5.06. The molecular formula is C11H9ClN2O3. The van der Waals surface area contributed by atoms with Crippen LogP contribution in [0.15, 0.2) is 22.7 Å². The fourth-order valence-corrected chi connectivity index (χ4v) is 1.93. The lowest BCUT2D eigenvalue weighted by Crippen LogP contribution is -2.15. The standard InChI is InChI=1S/C11H9ClN2O3/c12-7-4-10-9(15-1-2-16-10)3-6(7)8-5-11(13)17-14-8/h3-5H,1-2,13H2. The lowest BCUT2D eigenvalue weighted by molar-refractivity contribution is 0.171. The molecule has 0 spiro atoms. The van der Waals surface area contributed by atoms with Gasteiger partial charge < -0.3 is 19.7 Å². The molecule has 0 radical (unpaired) electrons. The van der Waals surface area contributed by atoms with E-state index in [9.17, 15) is 0 Å². The number of anilines is 1. The van der Waals surface area contributed by atoms with Gasteiger partial charge in [0, 0.05) is 17.7 Å². The van der Waals surface area contributed by atoms with Crippen LogP contribution in [0.4, 0.5) is 5.88 Å². The average molecular weight is 253 g/mol. The van der Waals surface area contributed by atoms with Crippen molar-refractivity contribution < 1.29 is 14.0 Å². The van der Waals surface area contributed by atoms with Crippen LogP contribution in [0.2, 0.25) is 5.02 Å². The Morgan fingerprint density at radius 1 is 1.12 bits per heavy atom. The van der Waals surface area contributed by atoms with Crippen LogP contribution in [0.3, 0.4) is 0 Å². The molecule has 0 aliphatic carbocycles. The topological polar surface area (TPSA) is 70.5 Å². The van der Waals surface area contributed by atoms with E-state index < -0.39 is 0 Å². The van der Waals surface area contributed by atoms with Gasteiger partial charge >= 0.3 is 0 Å². The van der Waals surface area contributed by atoms with Gasteiger partial charge in [-0.15, -0.1) is 0 Å². The third-order valence-corrected chi connectivity index (χ3v) is 2.75. The predicted molar refractivity (Wildman–Crippen MR) is 62.4 cm³/mol. The summed E-state index contributed by atoms with van der Waals surface area (Å²) in [4.78, 5) is 0. The number of hydrogen-bond acceptors (Lipinski definition) is 5. The van der Waals surface area contributed by atoms with Gasteiger partial charge in [0.25, 0.3) is 0 Å². The summed E-state index contributed by atoms with van der Waals surface area (Å²) in [6.07, 6.45) is 0. The Morgan fingerprint density at radius 3 is 2.47 bits per heavy atom. The maximum Gasteiger partial charge on any atom is 0.222 e. The van der Waals surface area contributed by atoms with E-state index in [0.29, 0.717) is 41.0 Å². The molecular weight excluding hydrogens is 244 g/mol. The number of nitrogens with two attached hydrogens (primary N) is 1. The molecule has 2 heterocycles. The minimum atomic E-state index is 0.242. The largest absolute Gasteiger partial charge is 0.486 e. The average Bonchev–Trinajstić information content (AvgIpc) is 2.75. The van der Waals surface area contributed by atoms with E-state index in [1.807, 2.05) is 0 Å². The van der Waals surface area contributed by atoms with Crippen LogP contribution in [-0.4, -0.2) is 18.4 Å². The number of halogens is 1. The van der Waals surface area contributed by atoms with E-state index >= 15 is 0 Å².